The number of aromatic nitrogens is 1. The van der Waals surface area contributed by atoms with Crippen LogP contribution in [0.2, 0.25) is 0 Å². The molecule has 0 radical (unpaired) electrons. The number of nitriles is 1. The Labute approximate surface area is 248 Å². The van der Waals surface area contributed by atoms with Gasteiger partial charge in [-0.3, -0.25) is 9.69 Å². The average molecular weight is 590 g/mol. The molecule has 2 bridgehead atoms. The molecule has 3 aromatic rings. The second-order valence-electron chi connectivity index (χ2n) is 12.7. The van der Waals surface area contributed by atoms with Crippen molar-refractivity contribution < 1.29 is 9.23 Å². The summed E-state index contributed by atoms with van der Waals surface area (Å²) >= 11 is 1.24. The minimum absolute atomic E-state index is 0.0347. The van der Waals surface area contributed by atoms with Crippen molar-refractivity contribution in [3.05, 3.63) is 51.2 Å². The van der Waals surface area contributed by atoms with E-state index >= 15 is 0 Å². The minimum atomic E-state index is -0.450. The topological polar surface area (TPSA) is 103 Å². The van der Waals surface area contributed by atoms with Gasteiger partial charge in [0.2, 0.25) is 0 Å². The molecule has 5 aliphatic rings. The first-order valence-electron chi connectivity index (χ1n) is 15.3. The largest absolute Gasteiger partial charge is 0.409 e. The average Bonchev–Trinajstić information content (AvgIpc) is 3.74. The highest BCUT2D eigenvalue weighted by Gasteiger charge is 2.45. The Kier molecular flexibility index (Phi) is 6.18. The Morgan fingerprint density at radius 2 is 1.86 bits per heavy atom. The molecule has 5 aliphatic heterocycles. The highest BCUT2D eigenvalue weighted by molar-refractivity contribution is 7.23. The van der Waals surface area contributed by atoms with Crippen molar-refractivity contribution in [2.24, 2.45) is 0 Å². The van der Waals surface area contributed by atoms with Gasteiger partial charge < -0.3 is 25.7 Å². The maximum absolute atomic E-state index is 14.9. The fourth-order valence-electron chi connectivity index (χ4n) is 8.37. The van der Waals surface area contributed by atoms with Crippen molar-refractivity contribution in [1.29, 1.82) is 5.26 Å². The van der Waals surface area contributed by atoms with Gasteiger partial charge in [-0.1, -0.05) is 0 Å². The fourth-order valence-corrected chi connectivity index (χ4v) is 9.44. The van der Waals surface area contributed by atoms with Crippen LogP contribution in [-0.4, -0.2) is 66.6 Å². The van der Waals surface area contributed by atoms with Gasteiger partial charge in [0, 0.05) is 43.8 Å². The number of rotatable bonds is 5. The first kappa shape index (κ1) is 26.3. The van der Waals surface area contributed by atoms with Crippen molar-refractivity contribution in [3.8, 4) is 6.07 Å². The summed E-state index contributed by atoms with van der Waals surface area (Å²) in [5, 5.41) is 13.9. The van der Waals surface area contributed by atoms with E-state index in [-0.39, 0.29) is 22.0 Å². The third-order valence-corrected chi connectivity index (χ3v) is 11.5. The summed E-state index contributed by atoms with van der Waals surface area (Å²) in [4.78, 5) is 27.7. The van der Waals surface area contributed by atoms with E-state index in [0.29, 0.717) is 47.9 Å². The lowest BCUT2D eigenvalue weighted by atomic mass is 9.95. The molecule has 11 heteroatoms. The van der Waals surface area contributed by atoms with E-state index in [1.54, 1.807) is 6.07 Å². The van der Waals surface area contributed by atoms with Crippen molar-refractivity contribution >= 4 is 37.8 Å². The molecule has 7 heterocycles. The van der Waals surface area contributed by atoms with Crippen LogP contribution >= 0.6 is 11.3 Å². The van der Waals surface area contributed by atoms with Crippen LogP contribution in [0.4, 0.5) is 20.8 Å². The lowest BCUT2D eigenvalue weighted by molar-refractivity contribution is 0.0196. The van der Waals surface area contributed by atoms with E-state index in [4.69, 9.17) is 10.6 Å². The number of hydrogen-bond donors (Lipinski definition) is 2. The van der Waals surface area contributed by atoms with Crippen molar-refractivity contribution in [1.82, 2.24) is 14.9 Å². The number of hydrogen-bond acceptors (Lipinski definition) is 9. The number of anilines is 3. The second kappa shape index (κ2) is 9.86. The number of nitrogens with one attached hydrogen (secondary N) is 1. The summed E-state index contributed by atoms with van der Waals surface area (Å²) in [6.07, 6.45) is 9.61. The molecule has 1 aromatic carbocycles. The predicted molar refractivity (Wildman–Crippen MR) is 163 cm³/mol. The molecule has 8 rings (SSSR count). The summed E-state index contributed by atoms with van der Waals surface area (Å²) < 4.78 is 17.0. The second-order valence-corrected chi connectivity index (χ2v) is 13.8. The third kappa shape index (κ3) is 4.02. The molecule has 2 atom stereocenters. The number of piperazine rings is 1. The SMILES string of the molecule is N#Cc1c(N)sc2c(N3CCc4c(N5CC6CCC(C5)N6)cn(OCC56CCCN5CCC6)c(=O)c4C3)ccc(F)c12. The zero-order valence-corrected chi connectivity index (χ0v) is 24.5. The van der Waals surface area contributed by atoms with Gasteiger partial charge in [-0.15, -0.1) is 11.3 Å². The van der Waals surface area contributed by atoms with Crippen LogP contribution in [0.5, 0.6) is 0 Å². The molecule has 220 valence electrons. The number of benzene rings is 1. The molecular weight excluding hydrogens is 553 g/mol. The monoisotopic (exact) mass is 589 g/mol. The number of thiophene rings is 1. The Balaban J connectivity index is 1.18. The van der Waals surface area contributed by atoms with Gasteiger partial charge in [0.25, 0.3) is 5.56 Å². The van der Waals surface area contributed by atoms with E-state index in [1.807, 2.05) is 6.20 Å². The number of fused-ring (bicyclic) bond motifs is 5. The molecule has 4 fully saturated rings. The fraction of sp³-hybridized carbons (Fsp3) is 0.548. The van der Waals surface area contributed by atoms with Crippen LogP contribution in [0.25, 0.3) is 10.1 Å². The normalized spacial score (nSPS) is 24.7. The lowest BCUT2D eigenvalue weighted by Gasteiger charge is -2.39. The summed E-state index contributed by atoms with van der Waals surface area (Å²) in [6.45, 7) is 5.66. The van der Waals surface area contributed by atoms with Gasteiger partial charge in [-0.05, 0) is 75.7 Å². The third-order valence-electron chi connectivity index (χ3n) is 10.4. The van der Waals surface area contributed by atoms with Crippen LogP contribution < -0.4 is 31.2 Å². The summed E-state index contributed by atoms with van der Waals surface area (Å²) in [5.74, 6) is -0.450. The van der Waals surface area contributed by atoms with Gasteiger partial charge in [-0.2, -0.15) is 9.99 Å². The van der Waals surface area contributed by atoms with Crippen molar-refractivity contribution in [2.45, 2.75) is 69.1 Å². The summed E-state index contributed by atoms with van der Waals surface area (Å²) in [7, 11) is 0. The van der Waals surface area contributed by atoms with Gasteiger partial charge in [0.05, 0.1) is 38.8 Å². The van der Waals surface area contributed by atoms with Gasteiger partial charge >= 0.3 is 0 Å². The van der Waals surface area contributed by atoms with E-state index in [1.165, 1.54) is 47.8 Å². The number of nitrogen functional groups attached to an aromatic ring is 1. The van der Waals surface area contributed by atoms with Crippen LogP contribution in [-0.2, 0) is 13.0 Å². The highest BCUT2D eigenvalue weighted by Crippen LogP contribution is 2.43. The molecule has 0 saturated carbocycles. The molecule has 0 spiro atoms. The number of nitrogens with zero attached hydrogens (tertiary/aromatic N) is 5. The molecule has 2 aromatic heterocycles. The highest BCUT2D eigenvalue weighted by atomic mass is 32.1. The number of halogens is 1. The number of pyridine rings is 1. The van der Waals surface area contributed by atoms with Crippen molar-refractivity contribution in [2.75, 3.05) is 54.9 Å². The quantitative estimate of drug-likeness (QED) is 0.468. The maximum Gasteiger partial charge on any atom is 0.288 e. The van der Waals surface area contributed by atoms with Gasteiger partial charge in [-0.25, -0.2) is 4.39 Å². The molecule has 0 aliphatic carbocycles. The van der Waals surface area contributed by atoms with E-state index in [9.17, 15) is 14.4 Å². The maximum atomic E-state index is 14.9. The van der Waals surface area contributed by atoms with E-state index in [0.717, 1.165) is 61.5 Å². The minimum Gasteiger partial charge on any atom is -0.409 e. The smallest absolute Gasteiger partial charge is 0.288 e. The van der Waals surface area contributed by atoms with Crippen LogP contribution in [0.1, 0.15) is 55.2 Å². The van der Waals surface area contributed by atoms with E-state index in [2.05, 4.69) is 26.1 Å². The lowest BCUT2D eigenvalue weighted by Crippen LogP contribution is -2.52. The first-order chi connectivity index (χ1) is 20.4. The van der Waals surface area contributed by atoms with Crippen molar-refractivity contribution in [3.63, 3.8) is 0 Å². The molecule has 2 unspecified atom stereocenters. The Bertz CT molecular complexity index is 1660. The zero-order chi connectivity index (χ0) is 28.6. The first-order valence-corrected chi connectivity index (χ1v) is 16.1. The molecule has 0 amide bonds. The predicted octanol–water partition coefficient (Wildman–Crippen LogP) is 3.22. The summed E-state index contributed by atoms with van der Waals surface area (Å²) in [6, 6.07) is 6.17. The standard InChI is InChI=1S/C31H36FN7O2S/c32-24-5-6-25(28-27(24)22(13-33)29(34)42-28)36-12-7-21-23(16-36)30(40)39(41-18-31-8-1-10-38(31)11-2-9-31)17-26(21)37-14-19-3-4-20(15-37)35-19/h5-6,17,19-20,35H,1-4,7-12,14-16,18,34H2. The van der Waals surface area contributed by atoms with Crippen LogP contribution in [0, 0.1) is 17.1 Å². The molecule has 42 heavy (non-hydrogen) atoms. The van der Waals surface area contributed by atoms with Crippen LogP contribution in [0.15, 0.2) is 23.1 Å². The summed E-state index contributed by atoms with van der Waals surface area (Å²) in [5.41, 5.74) is 9.98. The molecule has 9 nitrogen and oxygen atoms in total. The van der Waals surface area contributed by atoms with Gasteiger partial charge in [0.1, 0.15) is 23.5 Å². The Morgan fingerprint density at radius 3 is 2.60 bits per heavy atom. The molecule has 4 saturated heterocycles. The number of nitrogens with two attached hydrogens (primary N) is 1. The van der Waals surface area contributed by atoms with Crippen LogP contribution in [0.3, 0.4) is 0 Å². The Hall–Kier alpha value is -3.33. The van der Waals surface area contributed by atoms with Gasteiger partial charge in [0.15, 0.2) is 0 Å². The zero-order valence-electron chi connectivity index (χ0n) is 23.7. The Morgan fingerprint density at radius 1 is 1.10 bits per heavy atom. The molecule has 3 N–H and O–H groups in total. The molecular formula is C31H36FN7O2S. The van der Waals surface area contributed by atoms with E-state index < -0.39 is 5.82 Å².